The quantitative estimate of drug-likeness (QED) is 0.727. The summed E-state index contributed by atoms with van der Waals surface area (Å²) in [6.45, 7) is 7.95. The number of halogens is 1. The van der Waals surface area contributed by atoms with E-state index in [1.54, 1.807) is 0 Å². The molecule has 0 radical (unpaired) electrons. The van der Waals surface area contributed by atoms with E-state index in [-0.39, 0.29) is 0 Å². The molecule has 0 aliphatic carbocycles. The number of nitrogens with one attached hydrogen (secondary N) is 1. The van der Waals surface area contributed by atoms with Gasteiger partial charge >= 0.3 is 0 Å². The van der Waals surface area contributed by atoms with Crippen molar-refractivity contribution in [1.29, 1.82) is 0 Å². The van der Waals surface area contributed by atoms with E-state index in [4.69, 9.17) is 0 Å². The Bertz CT molecular complexity index is 336. The molecule has 2 heteroatoms. The molecule has 1 rings (SSSR count). The van der Waals surface area contributed by atoms with E-state index in [9.17, 15) is 0 Å². The standard InChI is InChI=1S/C16H26BrN/c1-4-10-18-16(9-8-13(2)3)12-14-6-5-7-15(17)11-14/h5-7,11,13,16,18H,4,8-10,12H2,1-3H3. The van der Waals surface area contributed by atoms with Crippen molar-refractivity contribution in [3.63, 3.8) is 0 Å². The van der Waals surface area contributed by atoms with Gasteiger partial charge in [-0.3, -0.25) is 0 Å². The van der Waals surface area contributed by atoms with E-state index in [0.29, 0.717) is 6.04 Å². The van der Waals surface area contributed by atoms with E-state index < -0.39 is 0 Å². The van der Waals surface area contributed by atoms with Gasteiger partial charge in [-0.05, 0) is 55.8 Å². The lowest BCUT2D eigenvalue weighted by Gasteiger charge is -2.19. The molecule has 0 amide bonds. The molecule has 0 aliphatic rings. The minimum atomic E-state index is 0.613. The van der Waals surface area contributed by atoms with Gasteiger partial charge in [0.1, 0.15) is 0 Å². The first-order valence-electron chi connectivity index (χ1n) is 7.09. The van der Waals surface area contributed by atoms with Crippen molar-refractivity contribution >= 4 is 15.9 Å². The maximum atomic E-state index is 3.68. The zero-order valence-corrected chi connectivity index (χ0v) is 13.5. The van der Waals surface area contributed by atoms with Crippen LogP contribution in [0.3, 0.4) is 0 Å². The Kier molecular flexibility index (Phi) is 7.60. The van der Waals surface area contributed by atoms with Crippen LogP contribution in [0.15, 0.2) is 28.7 Å². The Balaban J connectivity index is 2.53. The Hall–Kier alpha value is -0.340. The molecule has 0 saturated heterocycles. The zero-order valence-electron chi connectivity index (χ0n) is 11.9. The first-order valence-corrected chi connectivity index (χ1v) is 7.89. The van der Waals surface area contributed by atoms with Gasteiger partial charge < -0.3 is 5.32 Å². The van der Waals surface area contributed by atoms with Crippen LogP contribution in [0.5, 0.6) is 0 Å². The maximum absolute atomic E-state index is 3.68. The van der Waals surface area contributed by atoms with Crippen molar-refractivity contribution in [2.75, 3.05) is 6.54 Å². The van der Waals surface area contributed by atoms with E-state index in [1.807, 2.05) is 0 Å². The molecule has 102 valence electrons. The summed E-state index contributed by atoms with van der Waals surface area (Å²) in [4.78, 5) is 0. The van der Waals surface area contributed by atoms with Crippen molar-refractivity contribution in [2.45, 2.75) is 52.5 Å². The van der Waals surface area contributed by atoms with Crippen LogP contribution in [0.1, 0.15) is 45.6 Å². The molecular formula is C16H26BrN. The number of rotatable bonds is 8. The summed E-state index contributed by atoms with van der Waals surface area (Å²) in [6, 6.07) is 9.28. The average Bonchev–Trinajstić information content (AvgIpc) is 2.32. The summed E-state index contributed by atoms with van der Waals surface area (Å²) in [6.07, 6.45) is 4.91. The molecule has 0 aliphatic heterocycles. The lowest BCUT2D eigenvalue weighted by Crippen LogP contribution is -2.32. The SMILES string of the molecule is CCCNC(CCC(C)C)Cc1cccc(Br)c1. The van der Waals surface area contributed by atoms with Crippen LogP contribution in [0.2, 0.25) is 0 Å². The van der Waals surface area contributed by atoms with Gasteiger partial charge in [-0.2, -0.15) is 0 Å². The first-order chi connectivity index (χ1) is 8.61. The van der Waals surface area contributed by atoms with Gasteiger partial charge in [0, 0.05) is 10.5 Å². The molecule has 0 heterocycles. The first kappa shape index (κ1) is 15.7. The topological polar surface area (TPSA) is 12.0 Å². The fraction of sp³-hybridized carbons (Fsp3) is 0.625. The van der Waals surface area contributed by atoms with Gasteiger partial charge in [-0.1, -0.05) is 48.8 Å². The molecular weight excluding hydrogens is 286 g/mol. The third-order valence-electron chi connectivity index (χ3n) is 3.15. The molecule has 1 aromatic carbocycles. The van der Waals surface area contributed by atoms with E-state index in [1.165, 1.54) is 29.3 Å². The smallest absolute Gasteiger partial charge is 0.0178 e. The second-order valence-corrected chi connectivity index (χ2v) is 6.37. The lowest BCUT2D eigenvalue weighted by molar-refractivity contribution is 0.427. The molecule has 0 saturated carbocycles. The maximum Gasteiger partial charge on any atom is 0.0178 e. The molecule has 0 aromatic heterocycles. The Morgan fingerprint density at radius 2 is 2.00 bits per heavy atom. The molecule has 1 unspecified atom stereocenters. The van der Waals surface area contributed by atoms with Gasteiger partial charge in [-0.25, -0.2) is 0 Å². The minimum absolute atomic E-state index is 0.613. The van der Waals surface area contributed by atoms with Crippen LogP contribution in [-0.2, 0) is 6.42 Å². The van der Waals surface area contributed by atoms with Gasteiger partial charge in [0.15, 0.2) is 0 Å². The fourth-order valence-corrected chi connectivity index (χ4v) is 2.55. The van der Waals surface area contributed by atoms with Crippen molar-refractivity contribution in [3.05, 3.63) is 34.3 Å². The van der Waals surface area contributed by atoms with Crippen molar-refractivity contribution < 1.29 is 0 Å². The minimum Gasteiger partial charge on any atom is -0.314 e. The monoisotopic (exact) mass is 311 g/mol. The van der Waals surface area contributed by atoms with Crippen LogP contribution in [0.25, 0.3) is 0 Å². The Morgan fingerprint density at radius 1 is 1.22 bits per heavy atom. The highest BCUT2D eigenvalue weighted by Crippen LogP contribution is 2.16. The lowest BCUT2D eigenvalue weighted by atomic mass is 9.98. The Morgan fingerprint density at radius 3 is 2.61 bits per heavy atom. The molecule has 0 fully saturated rings. The summed E-state index contributed by atoms with van der Waals surface area (Å²) in [5.74, 6) is 0.790. The molecule has 18 heavy (non-hydrogen) atoms. The summed E-state index contributed by atoms with van der Waals surface area (Å²) in [5, 5.41) is 3.68. The third-order valence-corrected chi connectivity index (χ3v) is 3.64. The summed E-state index contributed by atoms with van der Waals surface area (Å²) >= 11 is 3.55. The third kappa shape index (κ3) is 6.55. The van der Waals surface area contributed by atoms with E-state index >= 15 is 0 Å². The van der Waals surface area contributed by atoms with Crippen molar-refractivity contribution in [3.8, 4) is 0 Å². The fourth-order valence-electron chi connectivity index (χ4n) is 2.11. The predicted octanol–water partition coefficient (Wildman–Crippen LogP) is 4.80. The average molecular weight is 312 g/mol. The highest BCUT2D eigenvalue weighted by Gasteiger charge is 2.10. The summed E-state index contributed by atoms with van der Waals surface area (Å²) in [7, 11) is 0. The van der Waals surface area contributed by atoms with Crippen LogP contribution in [0, 0.1) is 5.92 Å². The van der Waals surface area contributed by atoms with Crippen LogP contribution in [0.4, 0.5) is 0 Å². The van der Waals surface area contributed by atoms with Crippen LogP contribution < -0.4 is 5.32 Å². The van der Waals surface area contributed by atoms with Crippen LogP contribution >= 0.6 is 15.9 Å². The molecule has 1 aromatic rings. The second-order valence-electron chi connectivity index (χ2n) is 5.46. The largest absolute Gasteiger partial charge is 0.314 e. The zero-order chi connectivity index (χ0) is 13.4. The van der Waals surface area contributed by atoms with Crippen LogP contribution in [-0.4, -0.2) is 12.6 Å². The second kappa shape index (κ2) is 8.71. The Labute approximate surface area is 120 Å². The summed E-state index contributed by atoms with van der Waals surface area (Å²) < 4.78 is 1.18. The molecule has 1 N–H and O–H groups in total. The molecule has 0 spiro atoms. The van der Waals surface area contributed by atoms with Gasteiger partial charge in [0.25, 0.3) is 0 Å². The van der Waals surface area contributed by atoms with Gasteiger partial charge in [0.2, 0.25) is 0 Å². The highest BCUT2D eigenvalue weighted by molar-refractivity contribution is 9.10. The number of hydrogen-bond donors (Lipinski definition) is 1. The van der Waals surface area contributed by atoms with Gasteiger partial charge in [-0.15, -0.1) is 0 Å². The molecule has 1 nitrogen and oxygen atoms in total. The number of benzene rings is 1. The van der Waals surface area contributed by atoms with Gasteiger partial charge in [0.05, 0.1) is 0 Å². The molecule has 0 bridgehead atoms. The van der Waals surface area contributed by atoms with Crippen molar-refractivity contribution in [2.24, 2.45) is 5.92 Å². The highest BCUT2D eigenvalue weighted by atomic mass is 79.9. The molecule has 1 atom stereocenters. The van der Waals surface area contributed by atoms with E-state index in [0.717, 1.165) is 18.9 Å². The normalized spacial score (nSPS) is 12.9. The van der Waals surface area contributed by atoms with Crippen molar-refractivity contribution in [1.82, 2.24) is 5.32 Å². The number of hydrogen-bond acceptors (Lipinski definition) is 1. The summed E-state index contributed by atoms with van der Waals surface area (Å²) in [5.41, 5.74) is 1.42. The predicted molar refractivity (Wildman–Crippen MR) is 84.0 cm³/mol. The van der Waals surface area contributed by atoms with E-state index in [2.05, 4.69) is 66.3 Å².